The molecule has 1 aromatic carbocycles. The molecular formula is C16H21ClN2. The van der Waals surface area contributed by atoms with E-state index in [0.29, 0.717) is 0 Å². The molecule has 0 amide bonds. The topological polar surface area (TPSA) is 6.48 Å². The summed E-state index contributed by atoms with van der Waals surface area (Å²) < 4.78 is 0. The Labute approximate surface area is 120 Å². The molecule has 1 aromatic rings. The maximum Gasteiger partial charge on any atom is 0.0457 e. The van der Waals surface area contributed by atoms with Crippen molar-refractivity contribution >= 4 is 23.4 Å². The lowest BCUT2D eigenvalue weighted by atomic mass is 9.96. The average molecular weight is 277 g/mol. The summed E-state index contributed by atoms with van der Waals surface area (Å²) in [4.78, 5) is 4.93. The quantitative estimate of drug-likeness (QED) is 0.816. The molecule has 2 aliphatic rings. The second kappa shape index (κ2) is 5.56. The van der Waals surface area contributed by atoms with E-state index >= 15 is 0 Å². The van der Waals surface area contributed by atoms with Crippen molar-refractivity contribution in [3.8, 4) is 0 Å². The van der Waals surface area contributed by atoms with E-state index in [1.54, 1.807) is 0 Å². The third-order valence-electron chi connectivity index (χ3n) is 4.16. The lowest BCUT2D eigenvalue weighted by Crippen LogP contribution is -2.40. The first-order valence-corrected chi connectivity index (χ1v) is 7.50. The van der Waals surface area contributed by atoms with Crippen molar-refractivity contribution in [2.75, 3.05) is 38.1 Å². The van der Waals surface area contributed by atoms with Gasteiger partial charge >= 0.3 is 0 Å². The molecule has 0 saturated carbocycles. The first-order valence-electron chi connectivity index (χ1n) is 7.12. The molecule has 2 nitrogen and oxygen atoms in total. The van der Waals surface area contributed by atoms with Crippen LogP contribution >= 0.6 is 11.6 Å². The Bertz CT molecular complexity index is 484. The lowest BCUT2D eigenvalue weighted by molar-refractivity contribution is 0.212. The van der Waals surface area contributed by atoms with Crippen LogP contribution in [0.1, 0.15) is 18.4 Å². The van der Waals surface area contributed by atoms with Gasteiger partial charge in [-0.15, -0.1) is 0 Å². The summed E-state index contributed by atoms with van der Waals surface area (Å²) in [5.74, 6) is 0.775. The average Bonchev–Trinajstić information content (AvgIpc) is 2.39. The van der Waals surface area contributed by atoms with Crippen LogP contribution in [0.25, 0.3) is 6.08 Å². The van der Waals surface area contributed by atoms with E-state index in [1.807, 2.05) is 6.07 Å². The first kappa shape index (κ1) is 13.0. The summed E-state index contributed by atoms with van der Waals surface area (Å²) in [6, 6.07) is 6.20. The number of likely N-dealkylation sites (tertiary alicyclic amines) is 1. The van der Waals surface area contributed by atoms with Crippen molar-refractivity contribution in [3.63, 3.8) is 0 Å². The van der Waals surface area contributed by atoms with Gasteiger partial charge in [-0.3, -0.25) is 0 Å². The molecule has 3 rings (SSSR count). The third-order valence-corrected chi connectivity index (χ3v) is 4.39. The molecule has 0 bridgehead atoms. The molecule has 0 spiro atoms. The minimum Gasteiger partial charge on any atom is -0.367 e. The molecule has 1 saturated heterocycles. The van der Waals surface area contributed by atoms with E-state index in [-0.39, 0.29) is 0 Å². The van der Waals surface area contributed by atoms with Gasteiger partial charge in [0.25, 0.3) is 0 Å². The highest BCUT2D eigenvalue weighted by atomic mass is 35.5. The molecule has 2 aliphatic heterocycles. The van der Waals surface area contributed by atoms with Crippen molar-refractivity contribution in [3.05, 3.63) is 34.9 Å². The van der Waals surface area contributed by atoms with Crippen LogP contribution in [0.2, 0.25) is 5.02 Å². The Morgan fingerprint density at radius 2 is 2.26 bits per heavy atom. The number of anilines is 1. The van der Waals surface area contributed by atoms with Crippen molar-refractivity contribution in [1.29, 1.82) is 0 Å². The van der Waals surface area contributed by atoms with E-state index in [2.05, 4.69) is 41.1 Å². The fourth-order valence-electron chi connectivity index (χ4n) is 3.24. The largest absolute Gasteiger partial charge is 0.367 e. The van der Waals surface area contributed by atoms with E-state index in [9.17, 15) is 0 Å². The van der Waals surface area contributed by atoms with Gasteiger partial charge in [0.05, 0.1) is 0 Å². The Hall–Kier alpha value is -0.990. The molecule has 1 unspecified atom stereocenters. The normalized spacial score (nSPS) is 23.5. The number of halogens is 1. The van der Waals surface area contributed by atoms with Gasteiger partial charge in [-0.1, -0.05) is 29.8 Å². The van der Waals surface area contributed by atoms with Gasteiger partial charge in [0.1, 0.15) is 0 Å². The number of nitrogens with zero attached hydrogens (tertiary/aromatic N) is 2. The van der Waals surface area contributed by atoms with Gasteiger partial charge < -0.3 is 9.80 Å². The van der Waals surface area contributed by atoms with Crippen molar-refractivity contribution < 1.29 is 0 Å². The number of hydrogen-bond acceptors (Lipinski definition) is 2. The van der Waals surface area contributed by atoms with E-state index in [4.69, 9.17) is 11.6 Å². The third kappa shape index (κ3) is 2.96. The zero-order valence-corrected chi connectivity index (χ0v) is 12.2. The fraction of sp³-hybridized carbons (Fsp3) is 0.500. The molecule has 102 valence electrons. The van der Waals surface area contributed by atoms with Crippen molar-refractivity contribution in [1.82, 2.24) is 4.90 Å². The highest BCUT2D eigenvalue weighted by Gasteiger charge is 2.22. The van der Waals surface area contributed by atoms with Crippen LogP contribution in [0.4, 0.5) is 5.69 Å². The SMILES string of the molecule is CN1CCCC(CN2CC=Cc3ccc(Cl)cc32)C1. The van der Waals surface area contributed by atoms with Gasteiger partial charge in [-0.25, -0.2) is 0 Å². The molecule has 0 aliphatic carbocycles. The monoisotopic (exact) mass is 276 g/mol. The summed E-state index contributed by atoms with van der Waals surface area (Å²) in [7, 11) is 2.23. The lowest BCUT2D eigenvalue weighted by Gasteiger charge is -2.36. The highest BCUT2D eigenvalue weighted by molar-refractivity contribution is 6.31. The Balaban J connectivity index is 1.76. The summed E-state index contributed by atoms with van der Waals surface area (Å²) in [5.41, 5.74) is 2.59. The molecule has 1 atom stereocenters. The van der Waals surface area contributed by atoms with Gasteiger partial charge in [0.2, 0.25) is 0 Å². The Kier molecular flexibility index (Phi) is 3.81. The maximum atomic E-state index is 6.15. The number of rotatable bonds is 2. The molecule has 2 heterocycles. The van der Waals surface area contributed by atoms with Gasteiger partial charge in [0.15, 0.2) is 0 Å². The Morgan fingerprint density at radius 3 is 3.11 bits per heavy atom. The van der Waals surface area contributed by atoms with Gasteiger partial charge in [-0.2, -0.15) is 0 Å². The van der Waals surface area contributed by atoms with Crippen LogP contribution in [0.5, 0.6) is 0 Å². The second-order valence-electron chi connectivity index (χ2n) is 5.78. The van der Waals surface area contributed by atoms with Crippen LogP contribution < -0.4 is 4.90 Å². The molecular weight excluding hydrogens is 256 g/mol. The van der Waals surface area contributed by atoms with Crippen molar-refractivity contribution in [2.24, 2.45) is 5.92 Å². The molecule has 1 fully saturated rings. The number of benzene rings is 1. The zero-order chi connectivity index (χ0) is 13.2. The van der Waals surface area contributed by atoms with Crippen LogP contribution in [0.15, 0.2) is 24.3 Å². The molecule has 0 aromatic heterocycles. The molecule has 3 heteroatoms. The number of fused-ring (bicyclic) bond motifs is 1. The van der Waals surface area contributed by atoms with Crippen LogP contribution in [-0.4, -0.2) is 38.1 Å². The standard InChI is InChI=1S/C16H21ClN2/c1-18-8-2-4-13(11-18)12-19-9-3-5-14-6-7-15(17)10-16(14)19/h3,5-7,10,13H,2,4,8-9,11-12H2,1H3. The highest BCUT2D eigenvalue weighted by Crippen LogP contribution is 2.30. The van der Waals surface area contributed by atoms with Crippen LogP contribution in [0.3, 0.4) is 0 Å². The van der Waals surface area contributed by atoms with Crippen LogP contribution in [-0.2, 0) is 0 Å². The summed E-state index contributed by atoms with van der Waals surface area (Å²) in [5, 5.41) is 0.833. The van der Waals surface area contributed by atoms with E-state index in [0.717, 1.165) is 24.0 Å². The minimum atomic E-state index is 0.775. The number of piperidine rings is 1. The molecule has 0 N–H and O–H groups in total. The summed E-state index contributed by atoms with van der Waals surface area (Å²) >= 11 is 6.15. The van der Waals surface area contributed by atoms with Crippen molar-refractivity contribution in [2.45, 2.75) is 12.8 Å². The van der Waals surface area contributed by atoms with Crippen LogP contribution in [0, 0.1) is 5.92 Å². The predicted octanol–water partition coefficient (Wildman–Crippen LogP) is 3.52. The summed E-state index contributed by atoms with van der Waals surface area (Å²) in [6.07, 6.45) is 7.13. The second-order valence-corrected chi connectivity index (χ2v) is 6.22. The van der Waals surface area contributed by atoms with E-state index < -0.39 is 0 Å². The fourth-order valence-corrected chi connectivity index (χ4v) is 3.41. The molecule has 0 radical (unpaired) electrons. The van der Waals surface area contributed by atoms with Gasteiger partial charge in [0, 0.05) is 30.3 Å². The number of hydrogen-bond donors (Lipinski definition) is 0. The smallest absolute Gasteiger partial charge is 0.0457 e. The zero-order valence-electron chi connectivity index (χ0n) is 11.5. The summed E-state index contributed by atoms with van der Waals surface area (Å²) in [6.45, 7) is 4.62. The van der Waals surface area contributed by atoms with E-state index in [1.165, 1.54) is 37.2 Å². The Morgan fingerprint density at radius 1 is 1.37 bits per heavy atom. The predicted molar refractivity (Wildman–Crippen MR) is 82.9 cm³/mol. The van der Waals surface area contributed by atoms with Gasteiger partial charge in [-0.05, 0) is 50.0 Å². The maximum absolute atomic E-state index is 6.15. The molecule has 19 heavy (non-hydrogen) atoms. The first-order chi connectivity index (χ1) is 9.22. The minimum absolute atomic E-state index is 0.775.